The molecule has 0 spiro atoms. The van der Waals surface area contributed by atoms with Crippen molar-refractivity contribution in [1.29, 1.82) is 0 Å². The fourth-order valence-corrected chi connectivity index (χ4v) is 1.96. The van der Waals surface area contributed by atoms with Crippen LogP contribution in [0.3, 0.4) is 0 Å². The van der Waals surface area contributed by atoms with E-state index in [1.54, 1.807) is 41.2 Å². The van der Waals surface area contributed by atoms with Crippen LogP contribution in [-0.4, -0.2) is 14.7 Å². The van der Waals surface area contributed by atoms with Gasteiger partial charge in [0.15, 0.2) is 5.82 Å². The van der Waals surface area contributed by atoms with Crippen molar-refractivity contribution in [3.05, 3.63) is 48.0 Å². The van der Waals surface area contributed by atoms with Crippen LogP contribution in [0.5, 0.6) is 5.75 Å². The molecule has 0 unspecified atom stereocenters. The van der Waals surface area contributed by atoms with Crippen molar-refractivity contribution in [3.63, 3.8) is 0 Å². The molecule has 0 aliphatic carbocycles. The maximum Gasteiger partial charge on any atom is 0.248 e. The molecule has 1 aromatic heterocycles. The summed E-state index contributed by atoms with van der Waals surface area (Å²) in [4.78, 5) is 4.02. The second kappa shape index (κ2) is 4.77. The van der Waals surface area contributed by atoms with Crippen molar-refractivity contribution in [2.75, 3.05) is 0 Å². The molecule has 2 aromatic rings. The van der Waals surface area contributed by atoms with Crippen molar-refractivity contribution < 1.29 is 5.11 Å². The standard InChI is InChI=1S/C11H9Cl3N2O/c12-11(13,14)10-15-5-6-16(10)7-8-1-3-9(17)4-2-8/h1-6,17H,7H2. The molecular weight excluding hydrogens is 282 g/mol. The van der Waals surface area contributed by atoms with Crippen LogP contribution in [0.25, 0.3) is 0 Å². The molecule has 0 aliphatic heterocycles. The number of aromatic nitrogens is 2. The summed E-state index contributed by atoms with van der Waals surface area (Å²) in [5.41, 5.74) is 0.983. The second-order valence-corrected chi connectivity index (χ2v) is 5.82. The zero-order chi connectivity index (χ0) is 12.5. The van der Waals surface area contributed by atoms with E-state index in [0.29, 0.717) is 12.4 Å². The van der Waals surface area contributed by atoms with Crippen molar-refractivity contribution in [3.8, 4) is 5.75 Å². The van der Waals surface area contributed by atoms with Crippen molar-refractivity contribution in [1.82, 2.24) is 9.55 Å². The van der Waals surface area contributed by atoms with Gasteiger partial charge in [0, 0.05) is 18.9 Å². The molecule has 0 bridgehead atoms. The zero-order valence-corrected chi connectivity index (χ0v) is 10.9. The Bertz CT molecular complexity index is 502. The predicted octanol–water partition coefficient (Wildman–Crippen LogP) is 3.46. The van der Waals surface area contributed by atoms with Gasteiger partial charge in [-0.2, -0.15) is 0 Å². The number of halogens is 3. The number of hydrogen-bond donors (Lipinski definition) is 1. The predicted molar refractivity (Wildman–Crippen MR) is 68.7 cm³/mol. The summed E-state index contributed by atoms with van der Waals surface area (Å²) in [6, 6.07) is 6.83. The average Bonchev–Trinajstić information content (AvgIpc) is 2.69. The van der Waals surface area contributed by atoms with Crippen molar-refractivity contribution in [2.24, 2.45) is 0 Å². The van der Waals surface area contributed by atoms with E-state index in [0.717, 1.165) is 5.56 Å². The first-order chi connectivity index (χ1) is 7.97. The number of aromatic hydroxyl groups is 1. The van der Waals surface area contributed by atoms with E-state index in [4.69, 9.17) is 34.8 Å². The van der Waals surface area contributed by atoms with Gasteiger partial charge in [0.25, 0.3) is 0 Å². The normalized spacial score (nSPS) is 11.7. The van der Waals surface area contributed by atoms with Crippen LogP contribution in [-0.2, 0) is 10.3 Å². The minimum atomic E-state index is -1.54. The Labute approximate surface area is 114 Å². The van der Waals surface area contributed by atoms with Gasteiger partial charge in [0.2, 0.25) is 3.79 Å². The number of hydrogen-bond acceptors (Lipinski definition) is 2. The third-order valence-electron chi connectivity index (χ3n) is 2.26. The summed E-state index contributed by atoms with van der Waals surface area (Å²) in [7, 11) is 0. The second-order valence-electron chi connectivity index (χ2n) is 3.54. The van der Waals surface area contributed by atoms with Crippen LogP contribution in [0.15, 0.2) is 36.7 Å². The van der Waals surface area contributed by atoms with Crippen molar-refractivity contribution >= 4 is 34.8 Å². The minimum absolute atomic E-state index is 0.223. The first kappa shape index (κ1) is 12.6. The van der Waals surface area contributed by atoms with Gasteiger partial charge in [-0.25, -0.2) is 4.98 Å². The van der Waals surface area contributed by atoms with E-state index >= 15 is 0 Å². The lowest BCUT2D eigenvalue weighted by Crippen LogP contribution is -2.12. The number of phenolic OH excluding ortho intramolecular Hbond substituents is 1. The summed E-state index contributed by atoms with van der Waals surface area (Å²) in [6.07, 6.45) is 3.32. The Morgan fingerprint density at radius 1 is 1.18 bits per heavy atom. The van der Waals surface area contributed by atoms with Gasteiger partial charge in [0.05, 0.1) is 0 Å². The molecule has 0 saturated carbocycles. The topological polar surface area (TPSA) is 38.0 Å². The van der Waals surface area contributed by atoms with Crippen LogP contribution < -0.4 is 0 Å². The SMILES string of the molecule is Oc1ccc(Cn2ccnc2C(Cl)(Cl)Cl)cc1. The third kappa shape index (κ3) is 3.06. The van der Waals surface area contributed by atoms with Crippen LogP contribution in [0.4, 0.5) is 0 Å². The molecule has 0 atom stereocenters. The number of rotatable bonds is 2. The maximum atomic E-state index is 9.18. The van der Waals surface area contributed by atoms with E-state index in [-0.39, 0.29) is 5.75 Å². The van der Waals surface area contributed by atoms with E-state index in [1.807, 2.05) is 0 Å². The molecule has 0 fully saturated rings. The summed E-state index contributed by atoms with van der Waals surface area (Å²) < 4.78 is 0.208. The Kier molecular flexibility index (Phi) is 3.52. The number of nitrogens with zero attached hydrogens (tertiary/aromatic N) is 2. The molecule has 90 valence electrons. The van der Waals surface area contributed by atoms with Crippen molar-refractivity contribution in [2.45, 2.75) is 10.3 Å². The molecule has 1 heterocycles. The van der Waals surface area contributed by atoms with Crippen LogP contribution >= 0.6 is 34.8 Å². The van der Waals surface area contributed by atoms with Gasteiger partial charge in [-0.3, -0.25) is 0 Å². The molecule has 2 rings (SSSR count). The highest BCUT2D eigenvalue weighted by Gasteiger charge is 2.28. The molecule has 0 aliphatic rings. The largest absolute Gasteiger partial charge is 0.508 e. The van der Waals surface area contributed by atoms with E-state index in [2.05, 4.69) is 4.98 Å². The third-order valence-corrected chi connectivity index (χ3v) is 2.77. The highest BCUT2D eigenvalue weighted by atomic mass is 35.6. The number of alkyl halides is 3. The summed E-state index contributed by atoms with van der Waals surface area (Å²) in [6.45, 7) is 0.531. The molecule has 0 amide bonds. The molecule has 1 aromatic carbocycles. The molecule has 6 heteroatoms. The lowest BCUT2D eigenvalue weighted by molar-refractivity contribution is 0.475. The van der Waals surface area contributed by atoms with Gasteiger partial charge >= 0.3 is 0 Å². The lowest BCUT2D eigenvalue weighted by Gasteiger charge is -2.13. The summed E-state index contributed by atoms with van der Waals surface area (Å²) >= 11 is 17.4. The average molecular weight is 292 g/mol. The van der Waals surface area contributed by atoms with Gasteiger partial charge in [-0.1, -0.05) is 46.9 Å². The van der Waals surface area contributed by atoms with Crippen LogP contribution in [0.2, 0.25) is 0 Å². The van der Waals surface area contributed by atoms with Gasteiger partial charge in [-0.05, 0) is 17.7 Å². The molecule has 0 radical (unpaired) electrons. The Hall–Kier alpha value is -0.900. The number of imidazole rings is 1. The molecule has 17 heavy (non-hydrogen) atoms. The summed E-state index contributed by atoms with van der Waals surface area (Å²) in [5.74, 6) is 0.594. The smallest absolute Gasteiger partial charge is 0.248 e. The first-order valence-corrected chi connectivity index (χ1v) is 5.96. The Morgan fingerprint density at radius 2 is 1.82 bits per heavy atom. The van der Waals surface area contributed by atoms with E-state index in [9.17, 15) is 5.11 Å². The quantitative estimate of drug-likeness (QED) is 0.861. The van der Waals surface area contributed by atoms with Gasteiger partial charge in [-0.15, -0.1) is 0 Å². The molecule has 3 nitrogen and oxygen atoms in total. The highest BCUT2D eigenvalue weighted by molar-refractivity contribution is 6.66. The monoisotopic (exact) mass is 290 g/mol. The summed E-state index contributed by atoms with van der Waals surface area (Å²) in [5, 5.41) is 9.18. The highest BCUT2D eigenvalue weighted by Crippen LogP contribution is 2.37. The van der Waals surface area contributed by atoms with Gasteiger partial charge < -0.3 is 9.67 Å². The zero-order valence-electron chi connectivity index (χ0n) is 8.65. The molecule has 0 saturated heterocycles. The lowest BCUT2D eigenvalue weighted by atomic mass is 10.2. The molecular formula is C11H9Cl3N2O. The van der Waals surface area contributed by atoms with E-state index in [1.165, 1.54) is 0 Å². The first-order valence-electron chi connectivity index (χ1n) is 4.83. The fourth-order valence-electron chi connectivity index (χ4n) is 1.49. The Morgan fingerprint density at radius 3 is 2.41 bits per heavy atom. The van der Waals surface area contributed by atoms with Crippen LogP contribution in [0.1, 0.15) is 11.4 Å². The Balaban J connectivity index is 2.25. The molecule has 1 N–H and O–H groups in total. The van der Waals surface area contributed by atoms with E-state index < -0.39 is 3.79 Å². The fraction of sp³-hybridized carbons (Fsp3) is 0.182. The number of phenols is 1. The van der Waals surface area contributed by atoms with Crippen LogP contribution in [0, 0.1) is 0 Å². The minimum Gasteiger partial charge on any atom is -0.508 e. The number of benzene rings is 1. The maximum absolute atomic E-state index is 9.18. The van der Waals surface area contributed by atoms with Gasteiger partial charge in [0.1, 0.15) is 5.75 Å².